The van der Waals surface area contributed by atoms with Crippen LogP contribution in [-0.4, -0.2) is 139 Å². The fourth-order valence-corrected chi connectivity index (χ4v) is 14.5. The summed E-state index contributed by atoms with van der Waals surface area (Å²) in [6, 6.07) is 10.9. The molecule has 14 heteroatoms. The smallest absolute Gasteiger partial charge is 0.344 e. The molecule has 1 unspecified atom stereocenters. The minimum absolute atomic E-state index is 0.107. The minimum atomic E-state index is -2.32. The number of esters is 3. The molecule has 324 valence electrons. The third-order valence-corrected chi connectivity index (χ3v) is 16.3. The summed E-state index contributed by atoms with van der Waals surface area (Å²) in [5.74, 6) is -1.61. The van der Waals surface area contributed by atoms with Crippen molar-refractivity contribution in [2.75, 3.05) is 66.0 Å². The fraction of sp³-hybridized carbons (Fsp3) is 0.630. The molecule has 1 saturated carbocycles. The summed E-state index contributed by atoms with van der Waals surface area (Å²) in [7, 11) is 6.13. The third-order valence-electron chi connectivity index (χ3n) is 16.0. The number of rotatable bonds is 7. The van der Waals surface area contributed by atoms with Crippen molar-refractivity contribution in [3.63, 3.8) is 0 Å². The minimum Gasteiger partial charge on any atom is -0.496 e. The number of alkyl halides is 1. The maximum atomic E-state index is 15.4. The van der Waals surface area contributed by atoms with E-state index in [1.54, 1.807) is 7.11 Å². The summed E-state index contributed by atoms with van der Waals surface area (Å²) in [6.45, 7) is 8.49. The van der Waals surface area contributed by atoms with Gasteiger partial charge in [-0.25, -0.2) is 4.79 Å². The van der Waals surface area contributed by atoms with E-state index >= 15 is 4.79 Å². The van der Waals surface area contributed by atoms with Gasteiger partial charge in [0.25, 0.3) is 0 Å². The predicted molar refractivity (Wildman–Crippen MR) is 226 cm³/mol. The van der Waals surface area contributed by atoms with Gasteiger partial charge >= 0.3 is 17.9 Å². The molecule has 11 atom stereocenters. The first kappa shape index (κ1) is 41.5. The molecular formula is C46H59ClN4O9. The Bertz CT molecular complexity index is 2250. The lowest BCUT2D eigenvalue weighted by Gasteiger charge is -2.65. The Balaban J connectivity index is 1.36. The van der Waals surface area contributed by atoms with Gasteiger partial charge in [0.15, 0.2) is 6.10 Å². The second-order valence-electron chi connectivity index (χ2n) is 18.7. The number of H-pyrrole nitrogens is 1. The number of piperidine rings is 2. The van der Waals surface area contributed by atoms with Crippen molar-refractivity contribution in [2.45, 2.75) is 111 Å². The Labute approximate surface area is 356 Å². The number of ether oxygens (including phenoxy) is 4. The number of aromatic amines is 1. The monoisotopic (exact) mass is 846 g/mol. The summed E-state index contributed by atoms with van der Waals surface area (Å²) >= 11 is 7.12. The van der Waals surface area contributed by atoms with Crippen LogP contribution in [0.15, 0.2) is 36.4 Å². The van der Waals surface area contributed by atoms with Gasteiger partial charge in [0.2, 0.25) is 5.60 Å². The van der Waals surface area contributed by atoms with E-state index in [9.17, 15) is 19.8 Å². The first-order chi connectivity index (χ1) is 28.6. The zero-order chi connectivity index (χ0) is 42.7. The van der Waals surface area contributed by atoms with E-state index in [1.807, 2.05) is 50.1 Å². The highest BCUT2D eigenvalue weighted by atomic mass is 35.5. The Morgan fingerprint density at radius 1 is 0.933 bits per heavy atom. The highest BCUT2D eigenvalue weighted by Crippen LogP contribution is 2.69. The van der Waals surface area contributed by atoms with Crippen molar-refractivity contribution in [3.8, 4) is 5.75 Å². The number of methoxy groups -OCH3 is 3. The number of aliphatic hydroxyl groups is 2. The number of hydrogen-bond acceptors (Lipinski definition) is 12. The van der Waals surface area contributed by atoms with Crippen molar-refractivity contribution in [1.82, 2.24) is 14.8 Å². The zero-order valence-corrected chi connectivity index (χ0v) is 36.6. The first-order valence-corrected chi connectivity index (χ1v) is 22.0. The molecule has 13 nitrogen and oxygen atoms in total. The van der Waals surface area contributed by atoms with Crippen LogP contribution in [0.1, 0.15) is 81.7 Å². The van der Waals surface area contributed by atoms with Crippen LogP contribution < -0.4 is 9.64 Å². The normalized spacial score (nSPS) is 38.1. The lowest BCUT2D eigenvalue weighted by Crippen LogP contribution is -2.82. The number of carbonyl (C=O) groups excluding carboxylic acids is 3. The van der Waals surface area contributed by atoms with Gasteiger partial charge < -0.3 is 39.0 Å². The van der Waals surface area contributed by atoms with Crippen LogP contribution in [0.4, 0.5) is 5.69 Å². The summed E-state index contributed by atoms with van der Waals surface area (Å²) in [4.78, 5) is 53.3. The second-order valence-corrected chi connectivity index (χ2v) is 19.3. The van der Waals surface area contributed by atoms with Crippen LogP contribution >= 0.6 is 11.6 Å². The third kappa shape index (κ3) is 5.40. The van der Waals surface area contributed by atoms with Crippen molar-refractivity contribution >= 4 is 46.1 Å². The summed E-state index contributed by atoms with van der Waals surface area (Å²) in [5.41, 5.74) is -1.72. The average molecular weight is 847 g/mol. The van der Waals surface area contributed by atoms with Gasteiger partial charge in [-0.15, -0.1) is 11.6 Å². The number of nitrogens with one attached hydrogen (secondary N) is 1. The molecule has 2 bridgehead atoms. The van der Waals surface area contributed by atoms with Crippen LogP contribution in [0, 0.1) is 11.3 Å². The number of aromatic nitrogens is 1. The van der Waals surface area contributed by atoms with Gasteiger partial charge in [-0.05, 0) is 80.7 Å². The van der Waals surface area contributed by atoms with E-state index in [-0.39, 0.29) is 17.3 Å². The maximum Gasteiger partial charge on any atom is 0.344 e. The van der Waals surface area contributed by atoms with E-state index in [1.165, 1.54) is 21.1 Å². The average Bonchev–Trinajstić information content (AvgIpc) is 3.89. The summed E-state index contributed by atoms with van der Waals surface area (Å²) in [6.07, 6.45) is 2.16. The van der Waals surface area contributed by atoms with Crippen LogP contribution in [0.2, 0.25) is 0 Å². The Hall–Kier alpha value is -3.88. The molecule has 1 aromatic heterocycles. The van der Waals surface area contributed by atoms with Crippen LogP contribution in [0.25, 0.3) is 10.9 Å². The van der Waals surface area contributed by atoms with E-state index in [0.717, 1.165) is 33.4 Å². The van der Waals surface area contributed by atoms with Crippen molar-refractivity contribution in [1.29, 1.82) is 0 Å². The van der Waals surface area contributed by atoms with Gasteiger partial charge in [0.05, 0.1) is 33.0 Å². The molecule has 4 fully saturated rings. The van der Waals surface area contributed by atoms with Crippen molar-refractivity contribution in [3.05, 3.63) is 58.8 Å². The SMILES string of the molecule is CC[C@]1(O)C[C@@H]2CN(CCc3c([nH]c4ccccc34)[C@@](C(=O)OC)(c3cc4c(cc3OC)N(C)[C@H]3[C@@](O)(C(=O)OC)[C@H](OC(C)=O)[C@]5(CC)C[C@@H](Cl)CN6CC[C@]43[C@@H]65)C2)C1. The van der Waals surface area contributed by atoms with Gasteiger partial charge in [-0.1, -0.05) is 32.0 Å². The first-order valence-electron chi connectivity index (χ1n) is 21.6. The highest BCUT2D eigenvalue weighted by Gasteiger charge is 2.81. The molecule has 3 saturated heterocycles. The number of benzene rings is 2. The van der Waals surface area contributed by atoms with E-state index in [0.29, 0.717) is 89.0 Å². The number of carbonyl (C=O) groups is 3. The molecule has 1 spiro atoms. The number of halogens is 1. The molecule has 5 aliphatic heterocycles. The number of fused-ring (bicyclic) bond motifs is 6. The predicted octanol–water partition coefficient (Wildman–Crippen LogP) is 4.43. The number of hydrogen-bond donors (Lipinski definition) is 3. The summed E-state index contributed by atoms with van der Waals surface area (Å²) in [5, 5.41) is 26.1. The molecule has 6 heterocycles. The molecule has 1 aliphatic carbocycles. The molecule has 0 amide bonds. The van der Waals surface area contributed by atoms with Gasteiger partial charge in [-0.2, -0.15) is 0 Å². The van der Waals surface area contributed by atoms with Gasteiger partial charge in [0, 0.05) is 96.3 Å². The van der Waals surface area contributed by atoms with Crippen molar-refractivity contribution < 1.29 is 43.5 Å². The standard InChI is InChI=1S/C46H59ClN4O9/c1-8-42(55)20-27-21-45(40(53)58-6,36-30(14-16-50(23-27)25-42)29-12-10-11-13-33(29)48-36)32-18-31-34(19-35(32)57-5)49(4)38-44(31)15-17-51-24-28(47)22-43(9-2,37(44)51)39(60-26(3)52)46(38,56)41(54)59-7/h10-13,18-19,27-28,37-39,48,55-56H,8-9,14-17,20-25H2,1-7H3/t27-,28+,37-,38+,39+,42-,43+,44+,45-,46-/m0/s1. The Morgan fingerprint density at radius 2 is 1.68 bits per heavy atom. The Morgan fingerprint density at radius 3 is 2.37 bits per heavy atom. The van der Waals surface area contributed by atoms with Gasteiger partial charge in [0.1, 0.15) is 11.2 Å². The molecule has 2 aromatic carbocycles. The van der Waals surface area contributed by atoms with E-state index < -0.39 is 57.5 Å². The fourth-order valence-electron chi connectivity index (χ4n) is 14.0. The Kier molecular flexibility index (Phi) is 9.91. The zero-order valence-electron chi connectivity index (χ0n) is 35.8. The highest BCUT2D eigenvalue weighted by molar-refractivity contribution is 6.21. The molecule has 0 radical (unpaired) electrons. The number of nitrogens with zero attached hydrogens (tertiary/aromatic N) is 3. The number of para-hydroxylation sites is 1. The molecule has 9 rings (SSSR count). The largest absolute Gasteiger partial charge is 0.496 e. The molecule has 3 N–H and O–H groups in total. The van der Waals surface area contributed by atoms with Crippen molar-refractivity contribution in [2.24, 2.45) is 11.3 Å². The van der Waals surface area contributed by atoms with Crippen LogP contribution in [-0.2, 0) is 45.8 Å². The number of likely N-dealkylation sites (N-methyl/N-ethyl adjacent to an activating group) is 1. The molecular weight excluding hydrogens is 788 g/mol. The topological polar surface area (TPSA) is 154 Å². The number of anilines is 1. The molecule has 6 aliphatic rings. The summed E-state index contributed by atoms with van der Waals surface area (Å²) < 4.78 is 24.0. The van der Waals surface area contributed by atoms with E-state index in [4.69, 9.17) is 30.5 Å². The molecule has 3 aromatic rings. The lowest BCUT2D eigenvalue weighted by molar-refractivity contribution is -0.242. The quantitative estimate of drug-likeness (QED) is 0.175. The molecule has 60 heavy (non-hydrogen) atoms. The van der Waals surface area contributed by atoms with Gasteiger partial charge in [-0.3, -0.25) is 19.4 Å². The van der Waals surface area contributed by atoms with E-state index in [2.05, 4.69) is 26.9 Å². The van der Waals surface area contributed by atoms with Crippen LogP contribution in [0.5, 0.6) is 5.75 Å². The maximum absolute atomic E-state index is 15.4. The lowest BCUT2D eigenvalue weighted by atomic mass is 9.46. The van der Waals surface area contributed by atoms with Crippen LogP contribution in [0.3, 0.4) is 0 Å². The second kappa shape index (κ2) is 14.3.